The lowest BCUT2D eigenvalue weighted by atomic mass is 10.0. The van der Waals surface area contributed by atoms with Gasteiger partial charge in [0.2, 0.25) is 10.0 Å². The molecule has 0 unspecified atom stereocenters. The number of carbonyl (C=O) groups is 1. The van der Waals surface area contributed by atoms with Gasteiger partial charge in [0.25, 0.3) is 5.91 Å². The molecule has 0 radical (unpaired) electrons. The standard InChI is InChI=1S/C22H26N2O5S/c1-16-4-5-17(2)19(14-16)22(25)23-8-10-24(11-9-23)30(26,27)18-6-7-20-21(15-18)29-13-3-12-28-20/h4-7,14-15H,3,8-13H2,1-2H3. The van der Waals surface area contributed by atoms with Crippen LogP contribution in [0.3, 0.4) is 0 Å². The van der Waals surface area contributed by atoms with Gasteiger partial charge in [-0.3, -0.25) is 4.79 Å². The van der Waals surface area contributed by atoms with Crippen LogP contribution in [0.2, 0.25) is 0 Å². The van der Waals surface area contributed by atoms with Crippen molar-refractivity contribution >= 4 is 15.9 Å². The van der Waals surface area contributed by atoms with E-state index in [0.717, 1.165) is 17.5 Å². The lowest BCUT2D eigenvalue weighted by Gasteiger charge is -2.34. The van der Waals surface area contributed by atoms with Crippen molar-refractivity contribution in [3.63, 3.8) is 0 Å². The maximum Gasteiger partial charge on any atom is 0.254 e. The van der Waals surface area contributed by atoms with E-state index in [1.807, 2.05) is 32.0 Å². The van der Waals surface area contributed by atoms with Crippen LogP contribution in [0, 0.1) is 13.8 Å². The molecule has 0 bridgehead atoms. The molecule has 7 nitrogen and oxygen atoms in total. The van der Waals surface area contributed by atoms with Crippen LogP contribution < -0.4 is 9.47 Å². The number of carbonyl (C=O) groups excluding carboxylic acids is 1. The largest absolute Gasteiger partial charge is 0.490 e. The summed E-state index contributed by atoms with van der Waals surface area (Å²) in [7, 11) is -3.68. The van der Waals surface area contributed by atoms with Crippen molar-refractivity contribution in [1.29, 1.82) is 0 Å². The maximum absolute atomic E-state index is 13.1. The Bertz CT molecular complexity index is 1060. The fourth-order valence-corrected chi connectivity index (χ4v) is 5.16. The van der Waals surface area contributed by atoms with Crippen LogP contribution in [0.15, 0.2) is 41.3 Å². The van der Waals surface area contributed by atoms with E-state index in [-0.39, 0.29) is 23.9 Å². The number of benzene rings is 2. The van der Waals surface area contributed by atoms with Crippen molar-refractivity contribution in [2.75, 3.05) is 39.4 Å². The molecule has 2 heterocycles. The first kappa shape index (κ1) is 20.7. The van der Waals surface area contributed by atoms with E-state index in [1.165, 1.54) is 10.4 Å². The molecular weight excluding hydrogens is 404 g/mol. The first-order valence-electron chi connectivity index (χ1n) is 10.1. The molecule has 0 N–H and O–H groups in total. The lowest BCUT2D eigenvalue weighted by molar-refractivity contribution is 0.0697. The summed E-state index contributed by atoms with van der Waals surface area (Å²) in [4.78, 5) is 14.8. The average Bonchev–Trinajstić information content (AvgIpc) is 3.00. The maximum atomic E-state index is 13.1. The smallest absolute Gasteiger partial charge is 0.254 e. The fraction of sp³-hybridized carbons (Fsp3) is 0.409. The molecule has 2 aromatic carbocycles. The second-order valence-electron chi connectivity index (χ2n) is 7.67. The zero-order valence-electron chi connectivity index (χ0n) is 17.3. The third-order valence-electron chi connectivity index (χ3n) is 5.51. The molecule has 30 heavy (non-hydrogen) atoms. The van der Waals surface area contributed by atoms with E-state index in [0.29, 0.717) is 43.4 Å². The van der Waals surface area contributed by atoms with Crippen molar-refractivity contribution in [3.8, 4) is 11.5 Å². The van der Waals surface area contributed by atoms with Gasteiger partial charge < -0.3 is 14.4 Å². The van der Waals surface area contributed by atoms with Crippen LogP contribution in [0.4, 0.5) is 0 Å². The van der Waals surface area contributed by atoms with E-state index in [4.69, 9.17) is 9.47 Å². The number of rotatable bonds is 3. The molecular formula is C22H26N2O5S. The van der Waals surface area contributed by atoms with Crippen molar-refractivity contribution < 1.29 is 22.7 Å². The Morgan fingerprint density at radius 3 is 2.33 bits per heavy atom. The normalized spacial score (nSPS) is 17.5. The van der Waals surface area contributed by atoms with Gasteiger partial charge in [-0.2, -0.15) is 4.31 Å². The van der Waals surface area contributed by atoms with E-state index in [1.54, 1.807) is 17.0 Å². The summed E-state index contributed by atoms with van der Waals surface area (Å²) in [6.45, 7) is 6.14. The number of hydrogen-bond donors (Lipinski definition) is 0. The van der Waals surface area contributed by atoms with E-state index in [2.05, 4.69) is 0 Å². The van der Waals surface area contributed by atoms with Gasteiger partial charge in [-0.1, -0.05) is 17.7 Å². The Morgan fingerprint density at radius 1 is 0.900 bits per heavy atom. The highest BCUT2D eigenvalue weighted by Gasteiger charge is 2.31. The van der Waals surface area contributed by atoms with Crippen LogP contribution in [0.5, 0.6) is 11.5 Å². The van der Waals surface area contributed by atoms with Crippen LogP contribution in [0.25, 0.3) is 0 Å². The molecule has 0 atom stereocenters. The van der Waals surface area contributed by atoms with E-state index >= 15 is 0 Å². The second kappa shape index (κ2) is 8.28. The summed E-state index contributed by atoms with van der Waals surface area (Å²) in [5, 5.41) is 0. The molecule has 1 fully saturated rings. The Kier molecular flexibility index (Phi) is 5.71. The molecule has 160 valence electrons. The number of aryl methyl sites for hydroxylation is 2. The second-order valence-corrected chi connectivity index (χ2v) is 9.61. The van der Waals surface area contributed by atoms with Crippen LogP contribution >= 0.6 is 0 Å². The van der Waals surface area contributed by atoms with E-state index < -0.39 is 10.0 Å². The summed E-state index contributed by atoms with van der Waals surface area (Å²) >= 11 is 0. The van der Waals surface area contributed by atoms with Gasteiger partial charge in [-0.15, -0.1) is 0 Å². The number of piperazine rings is 1. The van der Waals surface area contributed by atoms with Gasteiger partial charge in [0.05, 0.1) is 18.1 Å². The number of fused-ring (bicyclic) bond motifs is 1. The van der Waals surface area contributed by atoms with Gasteiger partial charge in [-0.05, 0) is 37.6 Å². The monoisotopic (exact) mass is 430 g/mol. The Balaban J connectivity index is 1.47. The van der Waals surface area contributed by atoms with Crippen molar-refractivity contribution in [1.82, 2.24) is 9.21 Å². The summed E-state index contributed by atoms with van der Waals surface area (Å²) in [5.41, 5.74) is 2.63. The Morgan fingerprint density at radius 2 is 1.60 bits per heavy atom. The number of amides is 1. The quantitative estimate of drug-likeness (QED) is 0.748. The molecule has 2 aromatic rings. The lowest BCUT2D eigenvalue weighted by Crippen LogP contribution is -2.50. The number of hydrogen-bond acceptors (Lipinski definition) is 5. The first-order chi connectivity index (χ1) is 14.4. The van der Waals surface area contributed by atoms with Crippen LogP contribution in [-0.4, -0.2) is 62.9 Å². The van der Waals surface area contributed by atoms with Gasteiger partial charge in [0.1, 0.15) is 0 Å². The minimum Gasteiger partial charge on any atom is -0.490 e. The highest BCUT2D eigenvalue weighted by molar-refractivity contribution is 7.89. The fourth-order valence-electron chi connectivity index (χ4n) is 3.72. The van der Waals surface area contributed by atoms with Crippen molar-refractivity contribution in [3.05, 3.63) is 53.1 Å². The van der Waals surface area contributed by atoms with E-state index in [9.17, 15) is 13.2 Å². The zero-order chi connectivity index (χ0) is 21.3. The predicted octanol–water partition coefficient (Wildman–Crippen LogP) is 2.61. The highest BCUT2D eigenvalue weighted by Crippen LogP contribution is 2.33. The number of ether oxygens (including phenoxy) is 2. The number of nitrogens with zero attached hydrogens (tertiary/aromatic N) is 2. The first-order valence-corrected chi connectivity index (χ1v) is 11.6. The molecule has 1 saturated heterocycles. The van der Waals surface area contributed by atoms with Gasteiger partial charge >= 0.3 is 0 Å². The molecule has 4 rings (SSSR count). The minimum absolute atomic E-state index is 0.0520. The molecule has 0 aromatic heterocycles. The Labute approximate surface area is 177 Å². The molecule has 0 saturated carbocycles. The molecule has 2 aliphatic rings. The minimum atomic E-state index is -3.68. The zero-order valence-corrected chi connectivity index (χ0v) is 18.1. The highest BCUT2D eigenvalue weighted by atomic mass is 32.2. The predicted molar refractivity (Wildman–Crippen MR) is 113 cm³/mol. The van der Waals surface area contributed by atoms with Gasteiger partial charge in [-0.25, -0.2) is 8.42 Å². The molecule has 1 amide bonds. The summed E-state index contributed by atoms with van der Waals surface area (Å²) in [6.07, 6.45) is 0.757. The topological polar surface area (TPSA) is 76.2 Å². The SMILES string of the molecule is Cc1ccc(C)c(C(=O)N2CCN(S(=O)(=O)c3ccc4c(c3)OCCCO4)CC2)c1. The average molecular weight is 431 g/mol. The third kappa shape index (κ3) is 4.02. The van der Waals surface area contributed by atoms with Gasteiger partial charge in [0.15, 0.2) is 11.5 Å². The van der Waals surface area contributed by atoms with Crippen LogP contribution in [0.1, 0.15) is 27.9 Å². The molecule has 0 spiro atoms. The Hall–Kier alpha value is -2.58. The molecule has 2 aliphatic heterocycles. The molecule has 0 aliphatic carbocycles. The van der Waals surface area contributed by atoms with Gasteiger partial charge in [0, 0.05) is 44.2 Å². The summed E-state index contributed by atoms with van der Waals surface area (Å²) < 4.78 is 38.9. The van der Waals surface area contributed by atoms with Crippen LogP contribution in [-0.2, 0) is 10.0 Å². The third-order valence-corrected chi connectivity index (χ3v) is 7.40. The van der Waals surface area contributed by atoms with Crippen molar-refractivity contribution in [2.24, 2.45) is 0 Å². The van der Waals surface area contributed by atoms with Crippen molar-refractivity contribution in [2.45, 2.75) is 25.2 Å². The summed E-state index contributed by atoms with van der Waals surface area (Å²) in [5.74, 6) is 0.969. The summed E-state index contributed by atoms with van der Waals surface area (Å²) in [6, 6.07) is 10.5. The molecule has 8 heteroatoms. The number of sulfonamides is 1.